The van der Waals surface area contributed by atoms with Gasteiger partial charge in [0.1, 0.15) is 0 Å². The third-order valence-electron chi connectivity index (χ3n) is 2.43. The highest BCUT2D eigenvalue weighted by Crippen LogP contribution is 2.18. The highest BCUT2D eigenvalue weighted by atomic mass is 32.1. The number of rotatable bonds is 3. The zero-order valence-electron chi connectivity index (χ0n) is 9.88. The second-order valence-corrected chi connectivity index (χ2v) is 4.54. The predicted octanol–water partition coefficient (Wildman–Crippen LogP) is 3.12. The summed E-state index contributed by atoms with van der Waals surface area (Å²) in [5, 5.41) is 2.44. The van der Waals surface area contributed by atoms with E-state index in [0.29, 0.717) is 11.6 Å². The lowest BCUT2D eigenvalue weighted by Crippen LogP contribution is -2.30. The quantitative estimate of drug-likeness (QED) is 0.833. The lowest BCUT2D eigenvalue weighted by atomic mass is 10.3. The van der Waals surface area contributed by atoms with Gasteiger partial charge in [0.2, 0.25) is 0 Å². The topological polar surface area (TPSA) is 33.2 Å². The van der Waals surface area contributed by atoms with E-state index in [4.69, 9.17) is 0 Å². The van der Waals surface area contributed by atoms with Gasteiger partial charge in [0, 0.05) is 23.3 Å². The molecule has 3 nitrogen and oxygen atoms in total. The van der Waals surface area contributed by atoms with Crippen molar-refractivity contribution in [2.45, 2.75) is 13.8 Å². The molecule has 2 rings (SSSR count). The first-order valence-corrected chi connectivity index (χ1v) is 6.39. The molecule has 1 heterocycles. The lowest BCUT2D eigenvalue weighted by Gasteiger charge is -2.19. The minimum Gasteiger partial charge on any atom is -0.307 e. The van der Waals surface area contributed by atoms with E-state index in [9.17, 15) is 4.79 Å². The van der Waals surface area contributed by atoms with Gasteiger partial charge in [-0.1, -0.05) is 18.2 Å². The van der Waals surface area contributed by atoms with Gasteiger partial charge < -0.3 is 4.90 Å². The average molecular weight is 246 g/mol. The van der Waals surface area contributed by atoms with Crippen molar-refractivity contribution >= 4 is 22.9 Å². The largest absolute Gasteiger partial charge is 0.307 e. The molecule has 0 bridgehead atoms. The van der Waals surface area contributed by atoms with Crippen LogP contribution in [0.15, 0.2) is 35.7 Å². The molecular weight excluding hydrogens is 232 g/mol. The number of benzene rings is 1. The normalized spacial score (nSPS) is 10.2. The smallest absolute Gasteiger partial charge is 0.287 e. The molecule has 1 aromatic carbocycles. The van der Waals surface area contributed by atoms with Crippen molar-refractivity contribution in [1.82, 2.24) is 4.98 Å². The zero-order chi connectivity index (χ0) is 12.3. The maximum absolute atomic E-state index is 12.3. The molecule has 0 aliphatic heterocycles. The van der Waals surface area contributed by atoms with Gasteiger partial charge in [0.25, 0.3) is 5.91 Å². The number of hydrogen-bond donors (Lipinski definition) is 0. The first-order chi connectivity index (χ1) is 8.22. The van der Waals surface area contributed by atoms with Crippen LogP contribution in [0.3, 0.4) is 0 Å². The molecule has 0 spiro atoms. The average Bonchev–Trinajstić information content (AvgIpc) is 2.78. The van der Waals surface area contributed by atoms with Crippen LogP contribution < -0.4 is 4.90 Å². The number of thiazole rings is 1. The van der Waals surface area contributed by atoms with E-state index in [0.717, 1.165) is 11.4 Å². The highest BCUT2D eigenvalue weighted by Gasteiger charge is 2.18. The summed E-state index contributed by atoms with van der Waals surface area (Å²) < 4.78 is 0. The fourth-order valence-corrected chi connectivity index (χ4v) is 2.36. The Balaban J connectivity index is 2.28. The molecule has 2 aromatic rings. The molecule has 0 aliphatic rings. The zero-order valence-corrected chi connectivity index (χ0v) is 10.7. The number of aryl methyl sites for hydroxylation is 1. The second-order valence-electron chi connectivity index (χ2n) is 3.68. The molecule has 0 N–H and O–H groups in total. The van der Waals surface area contributed by atoms with Gasteiger partial charge in [-0.15, -0.1) is 11.3 Å². The van der Waals surface area contributed by atoms with E-state index >= 15 is 0 Å². The van der Waals surface area contributed by atoms with E-state index < -0.39 is 0 Å². The molecule has 17 heavy (non-hydrogen) atoms. The maximum Gasteiger partial charge on any atom is 0.287 e. The Labute approximate surface area is 105 Å². The molecule has 0 unspecified atom stereocenters. The number of amides is 1. The Morgan fingerprint density at radius 3 is 2.59 bits per heavy atom. The molecule has 0 atom stereocenters. The number of nitrogens with zero attached hydrogens (tertiary/aromatic N) is 2. The SMILES string of the molecule is CCN(C(=O)c1nc(C)cs1)c1ccccc1. The number of anilines is 1. The van der Waals surface area contributed by atoms with Crippen molar-refractivity contribution in [3.8, 4) is 0 Å². The molecule has 88 valence electrons. The Morgan fingerprint density at radius 2 is 2.06 bits per heavy atom. The summed E-state index contributed by atoms with van der Waals surface area (Å²) in [4.78, 5) is 18.2. The number of carbonyl (C=O) groups excluding carboxylic acids is 1. The van der Waals surface area contributed by atoms with Gasteiger partial charge in [-0.25, -0.2) is 4.98 Å². The van der Waals surface area contributed by atoms with Gasteiger partial charge in [-0.05, 0) is 26.0 Å². The van der Waals surface area contributed by atoms with Gasteiger partial charge in [-0.3, -0.25) is 4.79 Å². The Kier molecular flexibility index (Phi) is 3.54. The van der Waals surface area contributed by atoms with Crippen LogP contribution in [0.1, 0.15) is 22.4 Å². The second kappa shape index (κ2) is 5.10. The summed E-state index contributed by atoms with van der Waals surface area (Å²) in [6, 6.07) is 9.66. The molecule has 0 fully saturated rings. The van der Waals surface area contributed by atoms with Crippen LogP contribution >= 0.6 is 11.3 Å². The Morgan fingerprint density at radius 1 is 1.35 bits per heavy atom. The van der Waals surface area contributed by atoms with Crippen molar-refractivity contribution in [2.24, 2.45) is 0 Å². The number of para-hydroxylation sites is 1. The van der Waals surface area contributed by atoms with Crippen molar-refractivity contribution in [3.05, 3.63) is 46.4 Å². The van der Waals surface area contributed by atoms with Crippen LogP contribution in [0.2, 0.25) is 0 Å². The van der Waals surface area contributed by atoms with Crippen LogP contribution in [0.5, 0.6) is 0 Å². The van der Waals surface area contributed by atoms with Crippen LogP contribution in [-0.2, 0) is 0 Å². The molecule has 0 aliphatic carbocycles. The number of carbonyl (C=O) groups is 1. The summed E-state index contributed by atoms with van der Waals surface area (Å²) in [5.41, 5.74) is 1.80. The van der Waals surface area contributed by atoms with E-state index in [1.165, 1.54) is 11.3 Å². The molecule has 0 saturated carbocycles. The highest BCUT2D eigenvalue weighted by molar-refractivity contribution is 7.11. The fourth-order valence-electron chi connectivity index (χ4n) is 1.62. The molecular formula is C13H14N2OS. The van der Waals surface area contributed by atoms with E-state index in [1.807, 2.05) is 49.6 Å². The molecule has 0 saturated heterocycles. The van der Waals surface area contributed by atoms with Crippen molar-refractivity contribution in [3.63, 3.8) is 0 Å². The van der Waals surface area contributed by atoms with Gasteiger partial charge in [0.05, 0.1) is 0 Å². The van der Waals surface area contributed by atoms with Crippen molar-refractivity contribution in [1.29, 1.82) is 0 Å². The summed E-state index contributed by atoms with van der Waals surface area (Å²) in [5.74, 6) is -0.0307. The van der Waals surface area contributed by atoms with Crippen LogP contribution in [0, 0.1) is 6.92 Å². The van der Waals surface area contributed by atoms with Crippen molar-refractivity contribution in [2.75, 3.05) is 11.4 Å². The summed E-state index contributed by atoms with van der Waals surface area (Å²) in [6.45, 7) is 4.50. The molecule has 1 amide bonds. The minimum absolute atomic E-state index is 0.0307. The van der Waals surface area contributed by atoms with E-state index in [1.54, 1.807) is 4.90 Å². The summed E-state index contributed by atoms with van der Waals surface area (Å²) in [6.07, 6.45) is 0. The lowest BCUT2D eigenvalue weighted by molar-refractivity contribution is 0.0988. The van der Waals surface area contributed by atoms with Crippen LogP contribution in [0.4, 0.5) is 5.69 Å². The minimum atomic E-state index is -0.0307. The van der Waals surface area contributed by atoms with E-state index in [2.05, 4.69) is 4.98 Å². The number of hydrogen-bond acceptors (Lipinski definition) is 3. The van der Waals surface area contributed by atoms with Crippen molar-refractivity contribution < 1.29 is 4.79 Å². The summed E-state index contributed by atoms with van der Waals surface area (Å²) >= 11 is 1.39. The van der Waals surface area contributed by atoms with E-state index in [-0.39, 0.29) is 5.91 Å². The Bertz CT molecular complexity index is 507. The molecule has 4 heteroatoms. The monoisotopic (exact) mass is 246 g/mol. The third-order valence-corrected chi connectivity index (χ3v) is 3.38. The maximum atomic E-state index is 12.3. The fraction of sp³-hybridized carbons (Fsp3) is 0.231. The first-order valence-electron chi connectivity index (χ1n) is 5.51. The summed E-state index contributed by atoms with van der Waals surface area (Å²) in [7, 11) is 0. The third kappa shape index (κ3) is 2.53. The first kappa shape index (κ1) is 11.8. The predicted molar refractivity (Wildman–Crippen MR) is 70.6 cm³/mol. The standard InChI is InChI=1S/C13H14N2OS/c1-3-15(11-7-5-4-6-8-11)13(16)12-14-10(2)9-17-12/h4-9H,3H2,1-2H3. The van der Waals surface area contributed by atoms with Crippen LogP contribution in [-0.4, -0.2) is 17.4 Å². The molecule has 1 aromatic heterocycles. The van der Waals surface area contributed by atoms with Gasteiger partial charge >= 0.3 is 0 Å². The van der Waals surface area contributed by atoms with Gasteiger partial charge in [-0.2, -0.15) is 0 Å². The Hall–Kier alpha value is -1.68. The number of aromatic nitrogens is 1. The molecule has 0 radical (unpaired) electrons. The van der Waals surface area contributed by atoms with Gasteiger partial charge in [0.15, 0.2) is 5.01 Å². The van der Waals surface area contributed by atoms with Crippen LogP contribution in [0.25, 0.3) is 0 Å².